The van der Waals surface area contributed by atoms with Crippen molar-refractivity contribution < 1.29 is 4.74 Å². The van der Waals surface area contributed by atoms with Gasteiger partial charge in [0.25, 0.3) is 0 Å². The van der Waals surface area contributed by atoms with Crippen molar-refractivity contribution in [3.63, 3.8) is 0 Å². The summed E-state index contributed by atoms with van der Waals surface area (Å²) in [5.41, 5.74) is 3.64. The van der Waals surface area contributed by atoms with Crippen molar-refractivity contribution in [2.24, 2.45) is 0 Å². The smallest absolute Gasteiger partial charge is 0.138 e. The van der Waals surface area contributed by atoms with Gasteiger partial charge in [-0.25, -0.2) is 0 Å². The van der Waals surface area contributed by atoms with Crippen molar-refractivity contribution in [3.05, 3.63) is 58.6 Å². The van der Waals surface area contributed by atoms with Gasteiger partial charge in [0.1, 0.15) is 11.9 Å². The van der Waals surface area contributed by atoms with Crippen LogP contribution in [-0.2, 0) is 0 Å². The van der Waals surface area contributed by atoms with Gasteiger partial charge in [0.2, 0.25) is 0 Å². The Balaban J connectivity index is 1.92. The third kappa shape index (κ3) is 4.17. The molecule has 0 spiro atoms. The molecule has 0 saturated carbocycles. The Morgan fingerprint density at radius 1 is 1.10 bits per heavy atom. The van der Waals surface area contributed by atoms with Crippen LogP contribution >= 0.6 is 11.6 Å². The zero-order valence-corrected chi connectivity index (χ0v) is 12.9. The zero-order valence-electron chi connectivity index (χ0n) is 12.1. The molecule has 0 radical (unpaired) electrons. The molecule has 2 aromatic carbocycles. The highest BCUT2D eigenvalue weighted by Crippen LogP contribution is 2.24. The molecule has 0 aliphatic carbocycles. The summed E-state index contributed by atoms with van der Waals surface area (Å²) in [7, 11) is 0. The van der Waals surface area contributed by atoms with E-state index in [1.807, 2.05) is 31.2 Å². The lowest BCUT2D eigenvalue weighted by Crippen LogP contribution is -2.22. The molecule has 1 unspecified atom stereocenters. The molecule has 106 valence electrons. The highest BCUT2D eigenvalue weighted by molar-refractivity contribution is 6.32. The number of anilines is 1. The number of rotatable bonds is 5. The predicted octanol–water partition coefficient (Wildman–Crippen LogP) is 4.84. The van der Waals surface area contributed by atoms with Gasteiger partial charge < -0.3 is 10.1 Å². The minimum absolute atomic E-state index is 0.0377. The minimum atomic E-state index is 0.0377. The quantitative estimate of drug-likeness (QED) is 0.851. The molecule has 1 atom stereocenters. The molecule has 0 aromatic heterocycles. The van der Waals surface area contributed by atoms with E-state index in [1.165, 1.54) is 11.1 Å². The second-order valence-corrected chi connectivity index (χ2v) is 5.52. The molecule has 2 nitrogen and oxygen atoms in total. The molecule has 2 rings (SSSR count). The standard InChI is InChI=1S/C17H20ClNO/c1-12-8-13(2)10-15(9-12)19-11-14(3)20-17-7-5-4-6-16(17)18/h4-10,14,19H,11H2,1-3H3. The SMILES string of the molecule is Cc1cc(C)cc(NCC(C)Oc2ccccc2Cl)c1. The van der Waals surface area contributed by atoms with Crippen molar-refractivity contribution in [2.45, 2.75) is 26.9 Å². The lowest BCUT2D eigenvalue weighted by molar-refractivity contribution is 0.235. The summed E-state index contributed by atoms with van der Waals surface area (Å²) < 4.78 is 5.83. The molecule has 0 aliphatic heterocycles. The van der Waals surface area contributed by atoms with Gasteiger partial charge in [-0.1, -0.05) is 29.8 Å². The van der Waals surface area contributed by atoms with Crippen LogP contribution in [0.2, 0.25) is 5.02 Å². The van der Waals surface area contributed by atoms with Crippen LogP contribution in [-0.4, -0.2) is 12.6 Å². The fourth-order valence-electron chi connectivity index (χ4n) is 2.14. The van der Waals surface area contributed by atoms with E-state index in [4.69, 9.17) is 16.3 Å². The van der Waals surface area contributed by atoms with E-state index >= 15 is 0 Å². The number of halogens is 1. The number of hydrogen-bond donors (Lipinski definition) is 1. The van der Waals surface area contributed by atoms with Crippen LogP contribution in [0.5, 0.6) is 5.75 Å². The molecular formula is C17H20ClNO. The number of benzene rings is 2. The van der Waals surface area contributed by atoms with E-state index in [0.717, 1.165) is 18.0 Å². The second-order valence-electron chi connectivity index (χ2n) is 5.12. The van der Waals surface area contributed by atoms with Gasteiger partial charge in [-0.15, -0.1) is 0 Å². The van der Waals surface area contributed by atoms with E-state index < -0.39 is 0 Å². The Kier molecular flexibility index (Phi) is 4.91. The van der Waals surface area contributed by atoms with Crippen LogP contribution in [0.3, 0.4) is 0 Å². The Morgan fingerprint density at radius 2 is 1.75 bits per heavy atom. The highest BCUT2D eigenvalue weighted by Gasteiger charge is 2.07. The fourth-order valence-corrected chi connectivity index (χ4v) is 2.32. The third-order valence-electron chi connectivity index (χ3n) is 2.98. The largest absolute Gasteiger partial charge is 0.487 e. The van der Waals surface area contributed by atoms with Gasteiger partial charge in [-0.2, -0.15) is 0 Å². The van der Waals surface area contributed by atoms with Crippen molar-refractivity contribution in [2.75, 3.05) is 11.9 Å². The molecule has 3 heteroatoms. The summed E-state index contributed by atoms with van der Waals surface area (Å²) in [6.07, 6.45) is 0.0377. The van der Waals surface area contributed by atoms with Crippen LogP contribution < -0.4 is 10.1 Å². The van der Waals surface area contributed by atoms with Gasteiger partial charge in [-0.05, 0) is 56.2 Å². The summed E-state index contributed by atoms with van der Waals surface area (Å²) in [5, 5.41) is 4.04. The molecule has 2 aromatic rings. The second kappa shape index (κ2) is 6.67. The first-order valence-electron chi connectivity index (χ1n) is 6.78. The maximum atomic E-state index is 6.08. The minimum Gasteiger partial charge on any atom is -0.487 e. The van der Waals surface area contributed by atoms with Crippen LogP contribution in [0, 0.1) is 13.8 Å². The van der Waals surface area contributed by atoms with Crippen molar-refractivity contribution >= 4 is 17.3 Å². The first kappa shape index (κ1) is 14.7. The Bertz CT molecular complexity index is 563. The van der Waals surface area contributed by atoms with Crippen LogP contribution in [0.25, 0.3) is 0 Å². The highest BCUT2D eigenvalue weighted by atomic mass is 35.5. The van der Waals surface area contributed by atoms with Gasteiger partial charge in [0.05, 0.1) is 11.6 Å². The first-order valence-corrected chi connectivity index (χ1v) is 7.16. The predicted molar refractivity (Wildman–Crippen MR) is 85.9 cm³/mol. The number of nitrogens with one attached hydrogen (secondary N) is 1. The third-order valence-corrected chi connectivity index (χ3v) is 3.29. The van der Waals surface area contributed by atoms with E-state index in [1.54, 1.807) is 0 Å². The normalized spacial score (nSPS) is 12.0. The molecular weight excluding hydrogens is 270 g/mol. The Hall–Kier alpha value is -1.67. The lowest BCUT2D eigenvalue weighted by atomic mass is 10.1. The summed E-state index contributed by atoms with van der Waals surface area (Å²) in [4.78, 5) is 0. The first-order chi connectivity index (χ1) is 9.54. The summed E-state index contributed by atoms with van der Waals surface area (Å²) >= 11 is 6.08. The number of hydrogen-bond acceptors (Lipinski definition) is 2. The molecule has 0 saturated heterocycles. The lowest BCUT2D eigenvalue weighted by Gasteiger charge is -2.17. The molecule has 0 heterocycles. The topological polar surface area (TPSA) is 21.3 Å². The van der Waals surface area contributed by atoms with Crippen molar-refractivity contribution in [1.29, 1.82) is 0 Å². The molecule has 0 amide bonds. The number of para-hydroxylation sites is 1. The van der Waals surface area contributed by atoms with E-state index in [2.05, 4.69) is 37.4 Å². The number of ether oxygens (including phenoxy) is 1. The average molecular weight is 290 g/mol. The van der Waals surface area contributed by atoms with Gasteiger partial charge in [0.15, 0.2) is 0 Å². The van der Waals surface area contributed by atoms with E-state index in [-0.39, 0.29) is 6.10 Å². The van der Waals surface area contributed by atoms with Crippen molar-refractivity contribution in [3.8, 4) is 5.75 Å². The maximum Gasteiger partial charge on any atom is 0.138 e. The summed E-state index contributed by atoms with van der Waals surface area (Å²) in [5.74, 6) is 0.726. The summed E-state index contributed by atoms with van der Waals surface area (Å²) in [6.45, 7) is 6.96. The molecule has 0 fully saturated rings. The van der Waals surface area contributed by atoms with E-state index in [0.29, 0.717) is 5.02 Å². The Labute approximate surface area is 125 Å². The molecule has 20 heavy (non-hydrogen) atoms. The monoisotopic (exact) mass is 289 g/mol. The van der Waals surface area contributed by atoms with Gasteiger partial charge >= 0.3 is 0 Å². The van der Waals surface area contributed by atoms with E-state index in [9.17, 15) is 0 Å². The number of aryl methyl sites for hydroxylation is 2. The van der Waals surface area contributed by atoms with Crippen LogP contribution in [0.1, 0.15) is 18.1 Å². The van der Waals surface area contributed by atoms with Gasteiger partial charge in [0, 0.05) is 5.69 Å². The molecule has 0 bridgehead atoms. The van der Waals surface area contributed by atoms with Crippen LogP contribution in [0.4, 0.5) is 5.69 Å². The maximum absolute atomic E-state index is 6.08. The molecule has 1 N–H and O–H groups in total. The van der Waals surface area contributed by atoms with Gasteiger partial charge in [-0.3, -0.25) is 0 Å². The average Bonchev–Trinajstić information content (AvgIpc) is 2.38. The zero-order chi connectivity index (χ0) is 14.5. The van der Waals surface area contributed by atoms with Crippen LogP contribution in [0.15, 0.2) is 42.5 Å². The van der Waals surface area contributed by atoms with Crippen molar-refractivity contribution in [1.82, 2.24) is 0 Å². The summed E-state index contributed by atoms with van der Waals surface area (Å²) in [6, 6.07) is 14.0. The Morgan fingerprint density at radius 3 is 2.40 bits per heavy atom. The fraction of sp³-hybridized carbons (Fsp3) is 0.294. The molecule has 0 aliphatic rings.